The lowest BCUT2D eigenvalue weighted by atomic mass is 9.95. The predicted octanol–water partition coefficient (Wildman–Crippen LogP) is 3.32. The van der Waals surface area contributed by atoms with Crippen molar-refractivity contribution in [3.63, 3.8) is 0 Å². The van der Waals surface area contributed by atoms with Crippen LogP contribution in [0.2, 0.25) is 0 Å². The van der Waals surface area contributed by atoms with Crippen LogP contribution in [0.3, 0.4) is 0 Å². The molecule has 6 nitrogen and oxygen atoms in total. The van der Waals surface area contributed by atoms with Gasteiger partial charge in [-0.05, 0) is 49.6 Å². The number of benzene rings is 2. The third kappa shape index (κ3) is 3.55. The number of anilines is 1. The number of fused-ring (bicyclic) bond motifs is 2. The van der Waals surface area contributed by atoms with Crippen LogP contribution in [-0.2, 0) is 27.8 Å². The maximum Gasteiger partial charge on any atom is 0.243 e. The molecule has 0 radical (unpaired) electrons. The molecule has 3 aromatic rings. The molecule has 1 N–H and O–H groups in total. The molecule has 28 heavy (non-hydrogen) atoms. The molecule has 0 spiro atoms. The molecule has 8 heteroatoms. The molecule has 1 aromatic heterocycles. The van der Waals surface area contributed by atoms with E-state index in [-0.39, 0.29) is 18.2 Å². The lowest BCUT2D eigenvalue weighted by Crippen LogP contribution is -2.51. The molecule has 1 aliphatic rings. The van der Waals surface area contributed by atoms with Crippen LogP contribution in [0.5, 0.6) is 0 Å². The first-order valence-electron chi connectivity index (χ1n) is 9.12. The summed E-state index contributed by atoms with van der Waals surface area (Å²) in [7, 11) is -3.52. The SMILES string of the molecule is CCS(=O)(=O)N1Cc2ccccc2C[C@@H]1C(=O)Nc1ccc2nc(C)sc2c1. The minimum Gasteiger partial charge on any atom is -0.325 e. The molecule has 4 rings (SSSR count). The van der Waals surface area contributed by atoms with Gasteiger partial charge >= 0.3 is 0 Å². The summed E-state index contributed by atoms with van der Waals surface area (Å²) < 4.78 is 27.6. The van der Waals surface area contributed by atoms with Crippen molar-refractivity contribution in [2.24, 2.45) is 0 Å². The van der Waals surface area contributed by atoms with Crippen molar-refractivity contribution in [2.75, 3.05) is 11.1 Å². The van der Waals surface area contributed by atoms with Crippen LogP contribution in [0.25, 0.3) is 10.2 Å². The van der Waals surface area contributed by atoms with Crippen molar-refractivity contribution < 1.29 is 13.2 Å². The number of aryl methyl sites for hydroxylation is 1. The van der Waals surface area contributed by atoms with E-state index in [1.165, 1.54) is 4.31 Å². The predicted molar refractivity (Wildman–Crippen MR) is 112 cm³/mol. The number of nitrogens with one attached hydrogen (secondary N) is 1. The molecule has 2 aromatic carbocycles. The van der Waals surface area contributed by atoms with Gasteiger partial charge in [-0.15, -0.1) is 11.3 Å². The summed E-state index contributed by atoms with van der Waals surface area (Å²) in [6.07, 6.45) is 0.364. The van der Waals surface area contributed by atoms with Crippen LogP contribution in [0.4, 0.5) is 5.69 Å². The third-order valence-corrected chi connectivity index (χ3v) is 7.75. The van der Waals surface area contributed by atoms with Gasteiger partial charge in [0.25, 0.3) is 0 Å². The highest BCUT2D eigenvalue weighted by atomic mass is 32.2. The average Bonchev–Trinajstić information content (AvgIpc) is 3.06. The summed E-state index contributed by atoms with van der Waals surface area (Å²) >= 11 is 1.56. The Kier molecular flexibility index (Phi) is 4.95. The number of hydrogen-bond donors (Lipinski definition) is 1. The van der Waals surface area contributed by atoms with Crippen LogP contribution in [0, 0.1) is 6.92 Å². The molecule has 0 unspecified atom stereocenters. The van der Waals surface area contributed by atoms with Gasteiger partial charge in [0, 0.05) is 12.2 Å². The summed E-state index contributed by atoms with van der Waals surface area (Å²) in [5, 5.41) is 3.86. The number of nitrogens with zero attached hydrogens (tertiary/aromatic N) is 2. The number of aromatic nitrogens is 1. The molecule has 1 aliphatic heterocycles. The third-order valence-electron chi connectivity index (χ3n) is 4.99. The first-order chi connectivity index (χ1) is 13.4. The van der Waals surface area contributed by atoms with Gasteiger partial charge in [-0.1, -0.05) is 24.3 Å². The Morgan fingerprint density at radius 1 is 1.25 bits per heavy atom. The fraction of sp³-hybridized carbons (Fsp3) is 0.300. The van der Waals surface area contributed by atoms with Crippen molar-refractivity contribution in [1.82, 2.24) is 9.29 Å². The zero-order valence-corrected chi connectivity index (χ0v) is 17.3. The summed E-state index contributed by atoms with van der Waals surface area (Å²) in [6.45, 7) is 3.76. The minimum absolute atomic E-state index is 0.0367. The van der Waals surface area contributed by atoms with Crippen LogP contribution >= 0.6 is 11.3 Å². The smallest absolute Gasteiger partial charge is 0.243 e. The van der Waals surface area contributed by atoms with Gasteiger partial charge in [0.2, 0.25) is 15.9 Å². The number of hydrogen-bond acceptors (Lipinski definition) is 5. The summed E-state index contributed by atoms with van der Waals surface area (Å²) in [6, 6.07) is 12.5. The van der Waals surface area contributed by atoms with E-state index in [1.54, 1.807) is 24.3 Å². The first-order valence-corrected chi connectivity index (χ1v) is 11.5. The first kappa shape index (κ1) is 19.0. The fourth-order valence-electron chi connectivity index (χ4n) is 3.52. The number of carbonyl (C=O) groups excluding carboxylic acids is 1. The zero-order valence-electron chi connectivity index (χ0n) is 15.7. The Hall–Kier alpha value is -2.29. The standard InChI is InChI=1S/C20H21N3O3S2/c1-3-28(25,26)23-12-15-7-5-4-6-14(15)10-18(23)20(24)22-16-8-9-17-19(11-16)27-13(2)21-17/h4-9,11,18H,3,10,12H2,1-2H3,(H,22,24)/t18-/m1/s1. The van der Waals surface area contributed by atoms with E-state index in [9.17, 15) is 13.2 Å². The highest BCUT2D eigenvalue weighted by Gasteiger charge is 2.37. The molecule has 1 amide bonds. The monoisotopic (exact) mass is 415 g/mol. The number of thiazole rings is 1. The zero-order chi connectivity index (χ0) is 19.9. The van der Waals surface area contributed by atoms with Crippen LogP contribution < -0.4 is 5.32 Å². The normalized spacial score (nSPS) is 17.4. The maximum absolute atomic E-state index is 13.1. The minimum atomic E-state index is -3.52. The van der Waals surface area contributed by atoms with Gasteiger partial charge in [0.15, 0.2) is 0 Å². The quantitative estimate of drug-likeness (QED) is 0.709. The Labute approximate surface area is 168 Å². The molecule has 1 atom stereocenters. The fourth-order valence-corrected chi connectivity index (χ4v) is 5.62. The Morgan fingerprint density at radius 2 is 2.00 bits per heavy atom. The average molecular weight is 416 g/mol. The molecule has 0 fully saturated rings. The van der Waals surface area contributed by atoms with E-state index in [4.69, 9.17) is 0 Å². The topological polar surface area (TPSA) is 79.4 Å². The largest absolute Gasteiger partial charge is 0.325 e. The van der Waals surface area contributed by atoms with E-state index in [0.717, 1.165) is 26.4 Å². The summed E-state index contributed by atoms with van der Waals surface area (Å²) in [4.78, 5) is 17.5. The van der Waals surface area contributed by atoms with Gasteiger partial charge in [-0.2, -0.15) is 4.31 Å². The lowest BCUT2D eigenvalue weighted by Gasteiger charge is -2.34. The molecule has 0 bridgehead atoms. The highest BCUT2D eigenvalue weighted by molar-refractivity contribution is 7.89. The molecule has 0 saturated carbocycles. The van der Waals surface area contributed by atoms with E-state index < -0.39 is 16.1 Å². The lowest BCUT2D eigenvalue weighted by molar-refractivity contribution is -0.120. The Balaban J connectivity index is 1.64. The molecule has 2 heterocycles. The number of sulfonamides is 1. The molecule has 146 valence electrons. The summed E-state index contributed by atoms with van der Waals surface area (Å²) in [5.41, 5.74) is 3.50. The van der Waals surface area contributed by atoms with Gasteiger partial charge < -0.3 is 5.32 Å². The van der Waals surface area contributed by atoms with Gasteiger partial charge in [-0.3, -0.25) is 4.79 Å². The molecular weight excluding hydrogens is 394 g/mol. The molecule has 0 aliphatic carbocycles. The van der Waals surface area contributed by atoms with Crippen LogP contribution in [0.1, 0.15) is 23.1 Å². The Bertz CT molecular complexity index is 1150. The number of carbonyl (C=O) groups is 1. The second-order valence-corrected chi connectivity index (χ2v) is 10.3. The second-order valence-electron chi connectivity index (χ2n) is 6.84. The van der Waals surface area contributed by atoms with Gasteiger partial charge in [-0.25, -0.2) is 13.4 Å². The molecule has 0 saturated heterocycles. The van der Waals surface area contributed by atoms with Crippen molar-refractivity contribution in [2.45, 2.75) is 32.9 Å². The van der Waals surface area contributed by atoms with Crippen molar-refractivity contribution in [1.29, 1.82) is 0 Å². The van der Waals surface area contributed by atoms with Crippen molar-refractivity contribution >= 4 is 43.2 Å². The number of rotatable bonds is 4. The second kappa shape index (κ2) is 7.27. The van der Waals surface area contributed by atoms with Gasteiger partial charge in [0.1, 0.15) is 6.04 Å². The molecular formula is C20H21N3O3S2. The van der Waals surface area contributed by atoms with E-state index in [1.807, 2.05) is 43.3 Å². The van der Waals surface area contributed by atoms with E-state index in [2.05, 4.69) is 10.3 Å². The number of amides is 1. The van der Waals surface area contributed by atoms with Crippen LogP contribution in [0.15, 0.2) is 42.5 Å². The van der Waals surface area contributed by atoms with Crippen molar-refractivity contribution in [3.8, 4) is 0 Å². The van der Waals surface area contributed by atoms with Crippen LogP contribution in [-0.4, -0.2) is 35.4 Å². The van der Waals surface area contributed by atoms with E-state index >= 15 is 0 Å². The summed E-state index contributed by atoms with van der Waals surface area (Å²) in [5.74, 6) is -0.350. The van der Waals surface area contributed by atoms with Gasteiger partial charge in [0.05, 0.1) is 21.0 Å². The highest BCUT2D eigenvalue weighted by Crippen LogP contribution is 2.28. The maximum atomic E-state index is 13.1. The van der Waals surface area contributed by atoms with E-state index in [0.29, 0.717) is 12.1 Å². The Morgan fingerprint density at radius 3 is 2.75 bits per heavy atom. The van der Waals surface area contributed by atoms with Crippen molar-refractivity contribution in [3.05, 3.63) is 58.6 Å².